The molecule has 0 saturated heterocycles. The molecular weight excluding hydrogens is 306 g/mol. The molecule has 1 heteroatoms. The molecule has 2 rings (SSSR count). The van der Waals surface area contributed by atoms with E-state index in [1.165, 1.54) is 0 Å². The summed E-state index contributed by atoms with van der Waals surface area (Å²) in [5, 5.41) is 0. The maximum atomic E-state index is 2.99. The average molecular weight is 318 g/mol. The third-order valence-electron chi connectivity index (χ3n) is 1.17. The Hall–Kier alpha value is -0.378. The quantitative estimate of drug-likeness (QED) is 0.600. The van der Waals surface area contributed by atoms with Crippen LogP contribution in [-0.4, -0.2) is 0 Å². The molecule has 0 heterocycles. The van der Waals surface area contributed by atoms with Crippen LogP contribution in [0, 0.1) is 12.2 Å². The van der Waals surface area contributed by atoms with E-state index in [1.807, 2.05) is 24.3 Å². The van der Waals surface area contributed by atoms with Crippen LogP contribution in [0.2, 0.25) is 0 Å². The predicted octanol–water partition coefficient (Wildman–Crippen LogP) is 2.07. The van der Waals surface area contributed by atoms with Crippen molar-refractivity contribution in [3.8, 4) is 0 Å². The molecule has 0 saturated carbocycles. The fourth-order valence-corrected chi connectivity index (χ4v) is 0.680. The summed E-state index contributed by atoms with van der Waals surface area (Å²) in [4.78, 5) is 0. The second-order valence-corrected chi connectivity index (χ2v) is 2.01. The van der Waals surface area contributed by atoms with Crippen molar-refractivity contribution in [1.29, 1.82) is 0 Å². The van der Waals surface area contributed by atoms with Crippen LogP contribution >= 0.6 is 0 Å². The van der Waals surface area contributed by atoms with Crippen LogP contribution in [0.25, 0.3) is 0 Å². The Kier molecular flexibility index (Phi) is 7.46. The van der Waals surface area contributed by atoms with E-state index in [4.69, 9.17) is 0 Å². The summed E-state index contributed by atoms with van der Waals surface area (Å²) < 4.78 is 0. The van der Waals surface area contributed by atoms with Crippen molar-refractivity contribution in [2.75, 3.05) is 0 Å². The van der Waals surface area contributed by atoms with Crippen molar-refractivity contribution in [3.63, 3.8) is 0 Å². The standard InChI is InChI=1S/2C5H5.Re.2H/c2*1-2-4-5-3-1;;;/h2*1-3H,4H2;;;/q2*-1;;;. The molecule has 0 fully saturated rings. The predicted molar refractivity (Wildman–Crippen MR) is 45.9 cm³/mol. The molecule has 0 amide bonds. The zero-order valence-corrected chi connectivity index (χ0v) is 9.54. The van der Waals surface area contributed by atoms with Crippen molar-refractivity contribution in [2.24, 2.45) is 0 Å². The minimum absolute atomic E-state index is 0. The van der Waals surface area contributed by atoms with Gasteiger partial charge in [0, 0.05) is 0 Å². The molecule has 0 nitrogen and oxygen atoms in total. The van der Waals surface area contributed by atoms with E-state index >= 15 is 0 Å². The molecule has 0 atom stereocenters. The normalized spacial score (nSPS) is 16.0. The SMILES string of the molecule is [C-]1=CC=CC1.[C-]1=CC=CC1.[ReH2]. The van der Waals surface area contributed by atoms with Crippen molar-refractivity contribution in [3.05, 3.63) is 48.6 Å². The van der Waals surface area contributed by atoms with Crippen LogP contribution in [0.15, 0.2) is 36.5 Å². The molecule has 2 aliphatic rings. The molecule has 61 valence electrons. The van der Waals surface area contributed by atoms with E-state index in [9.17, 15) is 0 Å². The fraction of sp³-hybridized carbons (Fsp3) is 0.200. The first-order chi connectivity index (χ1) is 5.00. The van der Waals surface area contributed by atoms with Crippen LogP contribution in [0.3, 0.4) is 0 Å². The van der Waals surface area contributed by atoms with Crippen molar-refractivity contribution < 1.29 is 20.4 Å². The van der Waals surface area contributed by atoms with Gasteiger partial charge >= 0.3 is 20.4 Å². The van der Waals surface area contributed by atoms with E-state index < -0.39 is 0 Å². The van der Waals surface area contributed by atoms with Gasteiger partial charge in [-0.1, -0.05) is 0 Å². The van der Waals surface area contributed by atoms with Gasteiger partial charge in [0.1, 0.15) is 0 Å². The van der Waals surface area contributed by atoms with Gasteiger partial charge in [0.2, 0.25) is 0 Å². The Bertz CT molecular complexity index is 143. The topological polar surface area (TPSA) is 0 Å². The van der Waals surface area contributed by atoms with Gasteiger partial charge in [0.25, 0.3) is 0 Å². The molecule has 11 heavy (non-hydrogen) atoms. The van der Waals surface area contributed by atoms with Crippen LogP contribution in [0.1, 0.15) is 12.8 Å². The van der Waals surface area contributed by atoms with Crippen LogP contribution in [0.5, 0.6) is 0 Å². The molecule has 0 spiro atoms. The Morgan fingerprint density at radius 2 is 1.27 bits per heavy atom. The van der Waals surface area contributed by atoms with Gasteiger partial charge in [-0.2, -0.15) is 12.2 Å². The minimum atomic E-state index is 0. The summed E-state index contributed by atoms with van der Waals surface area (Å²) in [6.45, 7) is 0. The zero-order valence-electron chi connectivity index (χ0n) is 6.33. The Balaban J connectivity index is 0.000000167. The molecule has 0 aromatic heterocycles. The third kappa shape index (κ3) is 6.04. The first-order valence-corrected chi connectivity index (χ1v) is 3.43. The second kappa shape index (κ2) is 7.73. The molecule has 0 aliphatic heterocycles. The Morgan fingerprint density at radius 1 is 0.818 bits per heavy atom. The molecule has 0 unspecified atom stereocenters. The van der Waals surface area contributed by atoms with E-state index in [2.05, 4.69) is 24.3 Å². The summed E-state index contributed by atoms with van der Waals surface area (Å²) >= 11 is 0. The molecule has 2 aliphatic carbocycles. The van der Waals surface area contributed by atoms with Crippen molar-refractivity contribution in [1.82, 2.24) is 0 Å². The van der Waals surface area contributed by atoms with E-state index in [0.29, 0.717) is 0 Å². The van der Waals surface area contributed by atoms with Crippen LogP contribution in [0.4, 0.5) is 0 Å². The summed E-state index contributed by atoms with van der Waals surface area (Å²) in [5.74, 6) is 0. The number of hydrogen-bond donors (Lipinski definition) is 0. The van der Waals surface area contributed by atoms with Gasteiger partial charge in [-0.15, -0.1) is 12.8 Å². The summed E-state index contributed by atoms with van der Waals surface area (Å²) in [6, 6.07) is 0. The number of rotatable bonds is 0. The first kappa shape index (κ1) is 10.6. The van der Waals surface area contributed by atoms with Gasteiger partial charge in [-0.3, -0.25) is 12.2 Å². The molecule has 0 N–H and O–H groups in total. The summed E-state index contributed by atoms with van der Waals surface area (Å²) in [5.41, 5.74) is 0. The summed E-state index contributed by atoms with van der Waals surface area (Å²) in [7, 11) is 0. The van der Waals surface area contributed by atoms with Gasteiger partial charge in [0.05, 0.1) is 0 Å². The van der Waals surface area contributed by atoms with Gasteiger partial charge < -0.3 is 0 Å². The molecule has 0 aromatic rings. The van der Waals surface area contributed by atoms with E-state index in [-0.39, 0.29) is 20.4 Å². The van der Waals surface area contributed by atoms with Crippen LogP contribution in [-0.2, 0) is 20.4 Å². The first-order valence-electron chi connectivity index (χ1n) is 3.43. The fourth-order valence-electron chi connectivity index (χ4n) is 0.680. The number of allylic oxidation sites excluding steroid dienone is 8. The van der Waals surface area contributed by atoms with E-state index in [1.54, 1.807) is 0 Å². The molecule has 0 aromatic carbocycles. The molecular formula is C10H12Re-2. The zero-order chi connectivity index (χ0) is 7.07. The average Bonchev–Trinajstić information content (AvgIpc) is 2.67. The second-order valence-electron chi connectivity index (χ2n) is 2.01. The maximum absolute atomic E-state index is 2.99. The monoisotopic (exact) mass is 319 g/mol. The number of hydrogen-bond acceptors (Lipinski definition) is 0. The third-order valence-corrected chi connectivity index (χ3v) is 1.17. The Morgan fingerprint density at radius 3 is 1.36 bits per heavy atom. The van der Waals surface area contributed by atoms with Gasteiger partial charge in [-0.25, -0.2) is 24.3 Å². The van der Waals surface area contributed by atoms with Crippen LogP contribution < -0.4 is 0 Å². The van der Waals surface area contributed by atoms with Crippen molar-refractivity contribution in [2.45, 2.75) is 12.8 Å². The van der Waals surface area contributed by atoms with Gasteiger partial charge in [-0.05, 0) is 0 Å². The molecule has 1 radical (unpaired) electrons. The Labute approximate surface area is 82.0 Å². The summed E-state index contributed by atoms with van der Waals surface area (Å²) in [6.07, 6.45) is 20.0. The van der Waals surface area contributed by atoms with E-state index in [0.717, 1.165) is 12.8 Å². The molecule has 0 bridgehead atoms. The van der Waals surface area contributed by atoms with Crippen molar-refractivity contribution >= 4 is 0 Å². The van der Waals surface area contributed by atoms with Gasteiger partial charge in [0.15, 0.2) is 0 Å².